The molecule has 1 saturated heterocycles. The fraction of sp³-hybridized carbons (Fsp3) is 0.294. The summed E-state index contributed by atoms with van der Waals surface area (Å²) in [5.74, 6) is 0. The van der Waals surface area contributed by atoms with E-state index in [0.717, 1.165) is 32.0 Å². The molecule has 0 atom stereocenters. The van der Waals surface area contributed by atoms with Crippen molar-refractivity contribution in [1.82, 2.24) is 0 Å². The summed E-state index contributed by atoms with van der Waals surface area (Å²) in [5, 5.41) is 0. The minimum atomic E-state index is 0.552. The van der Waals surface area contributed by atoms with Crippen LogP contribution in [-0.4, -0.2) is 56.2 Å². The third kappa shape index (κ3) is 4.52. The number of anilines is 2. The Hall–Kier alpha value is -0.961. The quantitative estimate of drug-likeness (QED) is 0.569. The molecule has 3 nitrogen and oxygen atoms in total. The van der Waals surface area contributed by atoms with Gasteiger partial charge in [-0.05, 0) is 0 Å². The Balaban J connectivity index is 1.49. The van der Waals surface area contributed by atoms with Crippen molar-refractivity contribution in [3.05, 3.63) is 48.5 Å². The van der Waals surface area contributed by atoms with E-state index in [1.165, 1.54) is 18.8 Å². The SMILES string of the molecule is Nc1ccc([Se]C[Se]c2ccc(N3CCOCC3)cc2)cc1. The standard InChI is InChI=1S/C17H20N2OSe2/c18-14-1-5-16(6-2-14)21-13-22-17-7-3-15(4-8-17)19-9-11-20-12-10-19/h1-8H,9-13,18H2. The number of rotatable bonds is 5. The van der Waals surface area contributed by atoms with Crippen LogP contribution >= 0.6 is 0 Å². The average Bonchev–Trinajstić information content (AvgIpc) is 2.58. The normalized spacial score (nSPS) is 15.0. The van der Waals surface area contributed by atoms with Crippen LogP contribution in [0.15, 0.2) is 48.5 Å². The van der Waals surface area contributed by atoms with Crippen molar-refractivity contribution in [2.45, 2.75) is 4.22 Å². The van der Waals surface area contributed by atoms with Crippen molar-refractivity contribution in [2.75, 3.05) is 36.9 Å². The van der Waals surface area contributed by atoms with E-state index in [1.807, 2.05) is 12.1 Å². The van der Waals surface area contributed by atoms with Gasteiger partial charge in [-0.25, -0.2) is 0 Å². The third-order valence-electron chi connectivity index (χ3n) is 3.54. The molecular weight excluding hydrogens is 406 g/mol. The van der Waals surface area contributed by atoms with Gasteiger partial charge in [0.1, 0.15) is 0 Å². The molecule has 0 saturated carbocycles. The van der Waals surface area contributed by atoms with Crippen LogP contribution in [0.5, 0.6) is 0 Å². The fourth-order valence-corrected chi connectivity index (χ4v) is 7.99. The second-order valence-electron chi connectivity index (χ2n) is 5.07. The molecule has 2 aromatic carbocycles. The van der Waals surface area contributed by atoms with Gasteiger partial charge in [-0.2, -0.15) is 0 Å². The van der Waals surface area contributed by atoms with E-state index in [0.29, 0.717) is 29.9 Å². The molecule has 116 valence electrons. The number of nitrogens with zero attached hydrogens (tertiary/aromatic N) is 1. The summed E-state index contributed by atoms with van der Waals surface area (Å²) in [4.78, 5) is 2.40. The summed E-state index contributed by atoms with van der Waals surface area (Å²) in [6.07, 6.45) is 0. The van der Waals surface area contributed by atoms with Crippen molar-refractivity contribution < 1.29 is 4.74 Å². The van der Waals surface area contributed by atoms with E-state index in [9.17, 15) is 0 Å². The summed E-state index contributed by atoms with van der Waals surface area (Å²) in [5.41, 5.74) is 7.90. The van der Waals surface area contributed by atoms with Gasteiger partial charge in [0, 0.05) is 0 Å². The van der Waals surface area contributed by atoms with Gasteiger partial charge in [0.2, 0.25) is 0 Å². The molecule has 0 aliphatic carbocycles. The molecule has 5 heteroatoms. The summed E-state index contributed by atoms with van der Waals surface area (Å²) < 4.78 is 9.62. The number of nitrogens with two attached hydrogens (primary N) is 1. The Labute approximate surface area is 144 Å². The van der Waals surface area contributed by atoms with Crippen LogP contribution in [0.2, 0.25) is 4.22 Å². The van der Waals surface area contributed by atoms with Gasteiger partial charge >= 0.3 is 145 Å². The molecule has 22 heavy (non-hydrogen) atoms. The number of nitrogen functional groups attached to an aromatic ring is 1. The first-order valence-electron chi connectivity index (χ1n) is 7.35. The summed E-state index contributed by atoms with van der Waals surface area (Å²) in [6, 6.07) is 17.4. The van der Waals surface area contributed by atoms with Crippen LogP contribution in [0.1, 0.15) is 0 Å². The molecule has 0 aromatic heterocycles. The maximum absolute atomic E-state index is 5.72. The number of ether oxygens (including phenoxy) is 1. The number of hydrogen-bond donors (Lipinski definition) is 1. The maximum atomic E-state index is 5.72. The van der Waals surface area contributed by atoms with Crippen molar-refractivity contribution in [1.29, 1.82) is 0 Å². The predicted molar refractivity (Wildman–Crippen MR) is 95.9 cm³/mol. The Morgan fingerprint density at radius 1 is 0.864 bits per heavy atom. The summed E-state index contributed by atoms with van der Waals surface area (Å²) in [7, 11) is 0. The summed E-state index contributed by atoms with van der Waals surface area (Å²) in [6.45, 7) is 3.70. The number of hydrogen-bond acceptors (Lipinski definition) is 3. The zero-order valence-electron chi connectivity index (χ0n) is 12.4. The molecular formula is C17H20N2OSe2. The molecule has 0 bridgehead atoms. The number of morpholine rings is 1. The van der Waals surface area contributed by atoms with E-state index < -0.39 is 0 Å². The summed E-state index contributed by atoms with van der Waals surface area (Å²) >= 11 is 1.11. The van der Waals surface area contributed by atoms with Gasteiger partial charge in [-0.15, -0.1) is 0 Å². The Morgan fingerprint density at radius 3 is 2.00 bits per heavy atom. The monoisotopic (exact) mass is 428 g/mol. The van der Waals surface area contributed by atoms with Gasteiger partial charge in [-0.3, -0.25) is 0 Å². The first-order chi connectivity index (χ1) is 10.8. The Morgan fingerprint density at radius 2 is 1.41 bits per heavy atom. The van der Waals surface area contributed by atoms with E-state index in [2.05, 4.69) is 41.3 Å². The van der Waals surface area contributed by atoms with Crippen LogP contribution in [-0.2, 0) is 4.74 Å². The molecule has 1 aliphatic heterocycles. The molecule has 0 radical (unpaired) electrons. The van der Waals surface area contributed by atoms with Crippen LogP contribution in [0, 0.1) is 0 Å². The van der Waals surface area contributed by atoms with Gasteiger partial charge in [0.15, 0.2) is 0 Å². The van der Waals surface area contributed by atoms with E-state index in [1.54, 1.807) is 0 Å². The average molecular weight is 426 g/mol. The van der Waals surface area contributed by atoms with Gasteiger partial charge < -0.3 is 0 Å². The Bertz CT molecular complexity index is 581. The van der Waals surface area contributed by atoms with Crippen LogP contribution in [0.4, 0.5) is 11.4 Å². The molecule has 1 heterocycles. The predicted octanol–water partition coefficient (Wildman–Crippen LogP) is 0.840. The molecule has 0 amide bonds. The molecule has 0 unspecified atom stereocenters. The Kier molecular flexibility index (Phi) is 5.82. The molecule has 2 aromatic rings. The molecule has 3 rings (SSSR count). The molecule has 0 spiro atoms. The first-order valence-corrected chi connectivity index (χ1v) is 11.5. The van der Waals surface area contributed by atoms with Gasteiger partial charge in [-0.1, -0.05) is 0 Å². The van der Waals surface area contributed by atoms with Crippen LogP contribution in [0.3, 0.4) is 0 Å². The zero-order valence-corrected chi connectivity index (χ0v) is 15.8. The fourth-order valence-electron chi connectivity index (χ4n) is 2.30. The van der Waals surface area contributed by atoms with E-state index in [4.69, 9.17) is 10.5 Å². The number of benzene rings is 2. The topological polar surface area (TPSA) is 38.5 Å². The minimum absolute atomic E-state index is 0.552. The van der Waals surface area contributed by atoms with E-state index in [-0.39, 0.29) is 0 Å². The van der Waals surface area contributed by atoms with Crippen molar-refractivity contribution in [2.24, 2.45) is 0 Å². The zero-order chi connectivity index (χ0) is 15.2. The first kappa shape index (κ1) is 15.9. The van der Waals surface area contributed by atoms with Crippen molar-refractivity contribution in [3.63, 3.8) is 0 Å². The van der Waals surface area contributed by atoms with Gasteiger partial charge in [0.25, 0.3) is 0 Å². The van der Waals surface area contributed by atoms with E-state index >= 15 is 0 Å². The molecule has 2 N–H and O–H groups in total. The van der Waals surface area contributed by atoms with Crippen LogP contribution < -0.4 is 19.6 Å². The molecule has 1 aliphatic rings. The second-order valence-corrected chi connectivity index (χ2v) is 11.3. The van der Waals surface area contributed by atoms with Crippen LogP contribution in [0.25, 0.3) is 0 Å². The van der Waals surface area contributed by atoms with Crippen molar-refractivity contribution in [3.8, 4) is 0 Å². The second kappa shape index (κ2) is 8.05. The van der Waals surface area contributed by atoms with Gasteiger partial charge in [0.05, 0.1) is 0 Å². The third-order valence-corrected chi connectivity index (χ3v) is 9.15. The van der Waals surface area contributed by atoms with Crippen molar-refractivity contribution >= 4 is 50.2 Å². The molecule has 1 fully saturated rings.